The SMILES string of the molecule is [C-]#[N+]CCOP1(=S)OC[C@@H]2C[C@@H](OS(=O)(=O)CC[C@H]3O[C@@H](n4cnc5c(NC(=O)c6ccccc6)ncnc54)[C@H](F)[C@@H]3O1)[C@H](n1cnc3c(=O)[nH]c(NC(=O)C(C)C)nc31)O2. The second-order valence-corrected chi connectivity index (χ2v) is 19.0. The Hall–Kier alpha value is -5.16. The number of ether oxygens (including phenoxy) is 2. The van der Waals surface area contributed by atoms with Crippen molar-refractivity contribution >= 4 is 74.6 Å². The molecule has 8 atom stereocenters. The van der Waals surface area contributed by atoms with E-state index < -0.39 is 88.9 Å². The molecule has 3 aliphatic heterocycles. The van der Waals surface area contributed by atoms with Gasteiger partial charge < -0.3 is 28.7 Å². The van der Waals surface area contributed by atoms with Gasteiger partial charge in [-0.2, -0.15) is 13.4 Å². The molecular formula is C35H37FN11O11PS2. The monoisotopic (exact) mass is 901 g/mol. The molecule has 3 N–H and O–H groups in total. The number of carbonyl (C=O) groups excluding carboxylic acids is 2. The van der Waals surface area contributed by atoms with Crippen LogP contribution in [0.4, 0.5) is 16.2 Å². The Labute approximate surface area is 350 Å². The number of benzene rings is 1. The maximum atomic E-state index is 16.9. The van der Waals surface area contributed by atoms with Crippen molar-refractivity contribution in [3.8, 4) is 0 Å². The smallest absolute Gasteiger partial charge is 0.327 e. The fraction of sp³-hybridized carbons (Fsp3) is 0.457. The summed E-state index contributed by atoms with van der Waals surface area (Å²) in [7, 11) is -4.44. The Morgan fingerprint density at radius 3 is 2.57 bits per heavy atom. The molecule has 8 rings (SSSR count). The van der Waals surface area contributed by atoms with Gasteiger partial charge in [0, 0.05) is 17.9 Å². The highest BCUT2D eigenvalue weighted by molar-refractivity contribution is 8.07. The molecule has 4 aromatic heterocycles. The van der Waals surface area contributed by atoms with Gasteiger partial charge in [-0.3, -0.25) is 42.5 Å². The van der Waals surface area contributed by atoms with Gasteiger partial charge in [0.15, 0.2) is 46.8 Å². The molecule has 1 aromatic carbocycles. The lowest BCUT2D eigenvalue weighted by Gasteiger charge is -2.28. The van der Waals surface area contributed by atoms with Crippen molar-refractivity contribution in [3.63, 3.8) is 0 Å². The molecule has 0 saturated carbocycles. The van der Waals surface area contributed by atoms with Gasteiger partial charge in [-0.05, 0) is 30.4 Å². The number of fused-ring (bicyclic) bond motifs is 5. The summed E-state index contributed by atoms with van der Waals surface area (Å²) in [6.07, 6.45) is -6.62. The van der Waals surface area contributed by atoms with Crippen LogP contribution in [0.1, 0.15) is 49.5 Å². The summed E-state index contributed by atoms with van der Waals surface area (Å²) >= 11 is 5.77. The van der Waals surface area contributed by atoms with Gasteiger partial charge in [0.1, 0.15) is 25.1 Å². The number of carbonyl (C=O) groups is 2. The molecular weight excluding hydrogens is 865 g/mol. The van der Waals surface area contributed by atoms with Gasteiger partial charge in [-0.15, -0.1) is 0 Å². The van der Waals surface area contributed by atoms with E-state index >= 15 is 4.39 Å². The molecule has 3 saturated heterocycles. The van der Waals surface area contributed by atoms with Crippen LogP contribution in [0.15, 0.2) is 54.1 Å². The minimum Gasteiger partial charge on any atom is -0.349 e. The zero-order chi connectivity index (χ0) is 43.1. The predicted molar refractivity (Wildman–Crippen MR) is 214 cm³/mol. The normalized spacial score (nSPS) is 27.8. The van der Waals surface area contributed by atoms with Gasteiger partial charge in [0.2, 0.25) is 18.4 Å². The van der Waals surface area contributed by atoms with E-state index in [2.05, 4.69) is 45.4 Å². The summed E-state index contributed by atoms with van der Waals surface area (Å²) in [5, 5.41) is 5.22. The van der Waals surface area contributed by atoms with Crippen LogP contribution >= 0.6 is 6.72 Å². The Kier molecular flexibility index (Phi) is 12.1. The third-order valence-corrected chi connectivity index (χ3v) is 13.5. The Morgan fingerprint density at radius 2 is 1.82 bits per heavy atom. The number of H-pyrrole nitrogens is 1. The number of rotatable bonds is 9. The van der Waals surface area contributed by atoms with E-state index in [4.69, 9.17) is 45.6 Å². The molecule has 5 aromatic rings. The summed E-state index contributed by atoms with van der Waals surface area (Å²) in [4.78, 5) is 65.3. The van der Waals surface area contributed by atoms with E-state index in [9.17, 15) is 22.8 Å². The molecule has 322 valence electrons. The number of anilines is 2. The number of hydrogen-bond donors (Lipinski definition) is 3. The van der Waals surface area contributed by atoms with E-state index in [1.807, 2.05) is 0 Å². The topological polar surface area (TPSA) is 259 Å². The number of alkyl halides is 1. The number of nitrogens with zero attached hydrogens (tertiary/aromatic N) is 8. The molecule has 7 heterocycles. The third kappa shape index (κ3) is 8.94. The molecule has 1 unspecified atom stereocenters. The van der Waals surface area contributed by atoms with Crippen molar-refractivity contribution in [2.24, 2.45) is 5.92 Å². The van der Waals surface area contributed by atoms with Gasteiger partial charge in [-0.1, -0.05) is 32.0 Å². The first kappa shape index (κ1) is 42.5. The van der Waals surface area contributed by atoms with Crippen LogP contribution in [0.3, 0.4) is 0 Å². The highest BCUT2D eigenvalue weighted by Gasteiger charge is 2.51. The zero-order valence-electron chi connectivity index (χ0n) is 32.2. The van der Waals surface area contributed by atoms with E-state index in [0.29, 0.717) is 5.56 Å². The van der Waals surface area contributed by atoms with E-state index in [0.717, 1.165) is 6.33 Å². The molecule has 0 aliphatic carbocycles. The second-order valence-electron chi connectivity index (χ2n) is 14.4. The fourth-order valence-electron chi connectivity index (χ4n) is 6.88. The van der Waals surface area contributed by atoms with Crippen molar-refractivity contribution in [1.82, 2.24) is 39.0 Å². The highest BCUT2D eigenvalue weighted by Crippen LogP contribution is 2.55. The summed E-state index contributed by atoms with van der Waals surface area (Å²) < 4.78 is 83.2. The molecule has 3 fully saturated rings. The standard InChI is InChI=1S/C35H37FN11O11PS2/c1-18(2)30(48)44-35-43-29-25(32(50)45-35)41-17-47(29)33-22-13-20(55-33)14-54-59(60,53-11-10-37-3)57-26-21(9-12-61(51,52)58-22)56-34(23(26)36)46-16-40-24-27(38-15-39-28(24)46)42-31(49)19-7-5-4-6-8-19/h4-8,15-18,20-23,26,33-34H,9-14H2,1-2H3,(H,38,39,42,49)(H2,43,44,45,48,50)/t20-,21+,22+,23+,26+,33+,34+,59?/m0/s1. The first-order chi connectivity index (χ1) is 29.2. The van der Waals surface area contributed by atoms with Gasteiger partial charge in [0.05, 0.1) is 37.2 Å². The van der Waals surface area contributed by atoms with Crippen molar-refractivity contribution in [2.75, 3.05) is 36.1 Å². The Morgan fingerprint density at radius 1 is 1.07 bits per heavy atom. The lowest BCUT2D eigenvalue weighted by Crippen LogP contribution is -2.34. The average molecular weight is 902 g/mol. The molecule has 61 heavy (non-hydrogen) atoms. The molecule has 2 amide bonds. The third-order valence-electron chi connectivity index (χ3n) is 9.83. The number of hydrogen-bond acceptors (Lipinski definition) is 17. The van der Waals surface area contributed by atoms with Gasteiger partial charge >= 0.3 is 6.72 Å². The summed E-state index contributed by atoms with van der Waals surface area (Å²) in [5.74, 6) is -2.14. The van der Waals surface area contributed by atoms with Crippen LogP contribution in [0.5, 0.6) is 0 Å². The van der Waals surface area contributed by atoms with Crippen molar-refractivity contribution < 1.29 is 49.6 Å². The fourth-order valence-corrected chi connectivity index (χ4v) is 10.2. The van der Waals surface area contributed by atoms with E-state index in [1.54, 1.807) is 44.2 Å². The lowest BCUT2D eigenvalue weighted by molar-refractivity contribution is -0.118. The highest BCUT2D eigenvalue weighted by atomic mass is 32.5. The largest absolute Gasteiger partial charge is 0.349 e. The number of imidazole rings is 2. The Balaban J connectivity index is 1.09. The predicted octanol–water partition coefficient (Wildman–Crippen LogP) is 3.01. The molecule has 0 radical (unpaired) electrons. The van der Waals surface area contributed by atoms with E-state index in [-0.39, 0.29) is 66.7 Å². The quantitative estimate of drug-likeness (QED) is 0.0831. The summed E-state index contributed by atoms with van der Waals surface area (Å²) in [6.45, 7) is 5.87. The molecule has 0 spiro atoms. The minimum absolute atomic E-state index is 0.0392. The van der Waals surface area contributed by atoms with Crippen molar-refractivity contribution in [2.45, 2.75) is 69.7 Å². The van der Waals surface area contributed by atoms with Crippen LogP contribution in [-0.4, -0.2) is 115 Å². The summed E-state index contributed by atoms with van der Waals surface area (Å²) in [6, 6.07) is 8.39. The molecule has 2 bridgehead atoms. The van der Waals surface area contributed by atoms with Crippen molar-refractivity contribution in [3.05, 3.63) is 76.6 Å². The maximum Gasteiger partial charge on any atom is 0.327 e. The first-order valence-electron chi connectivity index (χ1n) is 18.8. The second kappa shape index (κ2) is 17.3. The number of aromatic nitrogens is 8. The number of halogens is 1. The Bertz CT molecular complexity index is 2730. The van der Waals surface area contributed by atoms with Crippen LogP contribution in [0.2, 0.25) is 0 Å². The number of aromatic amines is 1. The number of nitrogens with one attached hydrogen (secondary N) is 3. The minimum atomic E-state index is -4.44. The average Bonchev–Trinajstić information content (AvgIpc) is 4.02. The lowest BCUT2D eigenvalue weighted by atomic mass is 10.1. The van der Waals surface area contributed by atoms with E-state index in [1.165, 1.54) is 21.8 Å². The summed E-state index contributed by atoms with van der Waals surface area (Å²) in [5.41, 5.74) is -0.283. The molecule has 26 heteroatoms. The van der Waals surface area contributed by atoms with Crippen LogP contribution in [0, 0.1) is 12.5 Å². The van der Waals surface area contributed by atoms with Gasteiger partial charge in [0.25, 0.3) is 21.6 Å². The van der Waals surface area contributed by atoms with Crippen LogP contribution in [-0.2, 0) is 53.9 Å². The molecule has 3 aliphatic rings. The van der Waals surface area contributed by atoms with Crippen LogP contribution in [0.25, 0.3) is 27.2 Å². The number of amides is 2. The molecule has 22 nitrogen and oxygen atoms in total. The van der Waals surface area contributed by atoms with Gasteiger partial charge in [-0.25, -0.2) is 30.9 Å². The van der Waals surface area contributed by atoms with Crippen molar-refractivity contribution in [1.29, 1.82) is 0 Å². The first-order valence-corrected chi connectivity index (χ1v) is 22.9. The van der Waals surface area contributed by atoms with Crippen LogP contribution < -0.4 is 16.2 Å². The maximum absolute atomic E-state index is 16.9. The zero-order valence-corrected chi connectivity index (χ0v) is 34.7.